The fraction of sp³-hybridized carbons (Fsp3) is 0.385. The molecule has 7 heteroatoms. The van der Waals surface area contributed by atoms with Crippen LogP contribution in [-0.4, -0.2) is 34.1 Å². The predicted octanol–water partition coefficient (Wildman–Crippen LogP) is 4.02. The van der Waals surface area contributed by atoms with E-state index in [9.17, 15) is 4.79 Å². The van der Waals surface area contributed by atoms with E-state index in [0.717, 1.165) is 44.8 Å². The second-order valence-corrected chi connectivity index (χ2v) is 8.06. The van der Waals surface area contributed by atoms with Gasteiger partial charge in [0.15, 0.2) is 0 Å². The van der Waals surface area contributed by atoms with Crippen molar-refractivity contribution in [2.45, 2.75) is 18.8 Å². The van der Waals surface area contributed by atoms with Gasteiger partial charge in [-0.3, -0.25) is 9.89 Å². The summed E-state index contributed by atoms with van der Waals surface area (Å²) in [4.78, 5) is 15.3. The minimum Gasteiger partial charge on any atom is -0.337 e. The number of H-pyrrole nitrogens is 1. The Morgan fingerprint density at radius 1 is 1.50 bits per heavy atom. The monoisotopic (exact) mass is 417 g/mol. The van der Waals surface area contributed by atoms with E-state index in [0.29, 0.717) is 5.92 Å². The fourth-order valence-electron chi connectivity index (χ4n) is 2.52. The van der Waals surface area contributed by atoms with Crippen LogP contribution in [0.25, 0.3) is 0 Å². The number of likely N-dealkylation sites (tertiary alicyclic amines) is 1. The van der Waals surface area contributed by atoms with E-state index in [-0.39, 0.29) is 5.91 Å². The smallest absolute Gasteiger partial charge is 0.264 e. The van der Waals surface area contributed by atoms with E-state index in [2.05, 4.69) is 42.1 Å². The van der Waals surface area contributed by atoms with Crippen LogP contribution in [0.3, 0.4) is 0 Å². The number of halogens is 2. The zero-order valence-corrected chi connectivity index (χ0v) is 14.6. The Morgan fingerprint density at radius 2 is 2.35 bits per heavy atom. The summed E-state index contributed by atoms with van der Waals surface area (Å²) < 4.78 is 1.90. The normalized spacial score (nSPS) is 19.3. The Hall–Kier alpha value is -0.660. The van der Waals surface area contributed by atoms with Crippen molar-refractivity contribution in [3.05, 3.63) is 37.2 Å². The summed E-state index contributed by atoms with van der Waals surface area (Å²) in [5.74, 6) is 0.479. The minimum atomic E-state index is 0.116. The SMILES string of the molecule is O=C(c1cc(Br)c(Br)s1)N1CCCC(c2ccn[nH]2)C1. The van der Waals surface area contributed by atoms with Gasteiger partial charge < -0.3 is 4.90 Å². The molecule has 20 heavy (non-hydrogen) atoms. The van der Waals surface area contributed by atoms with Gasteiger partial charge in [0.05, 0.1) is 8.66 Å². The maximum absolute atomic E-state index is 12.5. The molecular formula is C13H13Br2N3OS. The second-order valence-electron chi connectivity index (χ2n) is 4.83. The minimum absolute atomic E-state index is 0.116. The standard InChI is InChI=1S/C13H13Br2N3OS/c14-9-6-11(20-12(9)15)13(19)18-5-1-2-8(7-18)10-3-4-16-17-10/h3-4,6,8H,1-2,5,7H2,(H,16,17). The predicted molar refractivity (Wildman–Crippen MR) is 86.2 cm³/mol. The molecule has 4 nitrogen and oxygen atoms in total. The van der Waals surface area contributed by atoms with Crippen LogP contribution < -0.4 is 0 Å². The first-order valence-electron chi connectivity index (χ1n) is 6.38. The van der Waals surface area contributed by atoms with E-state index >= 15 is 0 Å². The molecule has 106 valence electrons. The molecule has 1 unspecified atom stereocenters. The maximum atomic E-state index is 12.5. The van der Waals surface area contributed by atoms with Crippen molar-refractivity contribution in [2.75, 3.05) is 13.1 Å². The van der Waals surface area contributed by atoms with Crippen molar-refractivity contribution in [3.63, 3.8) is 0 Å². The third kappa shape index (κ3) is 2.84. The molecule has 2 aromatic rings. The lowest BCUT2D eigenvalue weighted by molar-refractivity contribution is 0.0711. The summed E-state index contributed by atoms with van der Waals surface area (Å²) in [5.41, 5.74) is 1.12. The number of aromatic nitrogens is 2. The zero-order valence-electron chi connectivity index (χ0n) is 10.6. The summed E-state index contributed by atoms with van der Waals surface area (Å²) in [7, 11) is 0. The lowest BCUT2D eigenvalue weighted by Crippen LogP contribution is -2.38. The number of piperidine rings is 1. The summed E-state index contributed by atoms with van der Waals surface area (Å²) >= 11 is 8.34. The molecule has 1 atom stereocenters. The topological polar surface area (TPSA) is 49.0 Å². The Balaban J connectivity index is 1.75. The number of amides is 1. The second kappa shape index (κ2) is 5.99. The van der Waals surface area contributed by atoms with Crippen LogP contribution in [0.15, 0.2) is 26.6 Å². The molecule has 3 heterocycles. The van der Waals surface area contributed by atoms with Crippen LogP contribution in [0.4, 0.5) is 0 Å². The van der Waals surface area contributed by atoms with Gasteiger partial charge in [-0.1, -0.05) is 0 Å². The average Bonchev–Trinajstić information content (AvgIpc) is 3.09. The Bertz CT molecular complexity index is 592. The molecular weight excluding hydrogens is 406 g/mol. The highest BCUT2D eigenvalue weighted by molar-refractivity contribution is 9.13. The van der Waals surface area contributed by atoms with Crippen LogP contribution in [0, 0.1) is 0 Å². The van der Waals surface area contributed by atoms with E-state index in [1.54, 1.807) is 6.20 Å². The Kier molecular flexibility index (Phi) is 4.28. The van der Waals surface area contributed by atoms with Gasteiger partial charge in [0.25, 0.3) is 5.91 Å². The molecule has 1 aliphatic rings. The lowest BCUT2D eigenvalue weighted by Gasteiger charge is -2.31. The van der Waals surface area contributed by atoms with Crippen molar-refractivity contribution in [1.82, 2.24) is 15.1 Å². The molecule has 0 bridgehead atoms. The third-order valence-corrected chi connectivity index (χ3v) is 6.77. The van der Waals surface area contributed by atoms with Crippen molar-refractivity contribution in [2.24, 2.45) is 0 Å². The van der Waals surface area contributed by atoms with Crippen LogP contribution >= 0.6 is 43.2 Å². The van der Waals surface area contributed by atoms with Crippen LogP contribution in [-0.2, 0) is 0 Å². The van der Waals surface area contributed by atoms with Gasteiger partial charge in [0, 0.05) is 35.4 Å². The third-order valence-electron chi connectivity index (χ3n) is 3.53. The van der Waals surface area contributed by atoms with Gasteiger partial charge in [-0.25, -0.2) is 0 Å². The van der Waals surface area contributed by atoms with Crippen LogP contribution in [0.2, 0.25) is 0 Å². The first-order chi connectivity index (χ1) is 9.65. The highest BCUT2D eigenvalue weighted by Gasteiger charge is 2.27. The molecule has 0 spiro atoms. The average molecular weight is 419 g/mol. The number of aromatic amines is 1. The summed E-state index contributed by atoms with van der Waals surface area (Å²) in [6.07, 6.45) is 3.90. The molecule has 1 amide bonds. The van der Waals surface area contributed by atoms with Crippen LogP contribution in [0.5, 0.6) is 0 Å². The molecule has 1 aliphatic heterocycles. The molecule has 0 aromatic carbocycles. The summed E-state index contributed by atoms with van der Waals surface area (Å²) in [6.45, 7) is 1.59. The van der Waals surface area contributed by atoms with Crippen molar-refractivity contribution >= 4 is 49.1 Å². The molecule has 0 saturated carbocycles. The quantitative estimate of drug-likeness (QED) is 0.800. The van der Waals surface area contributed by atoms with Crippen molar-refractivity contribution in [1.29, 1.82) is 0 Å². The molecule has 1 fully saturated rings. The van der Waals surface area contributed by atoms with Crippen LogP contribution in [0.1, 0.15) is 34.1 Å². The number of hydrogen-bond donors (Lipinski definition) is 1. The number of nitrogens with one attached hydrogen (secondary N) is 1. The van der Waals surface area contributed by atoms with Gasteiger partial charge >= 0.3 is 0 Å². The molecule has 0 radical (unpaired) electrons. The van der Waals surface area contributed by atoms with Gasteiger partial charge in [-0.05, 0) is 56.8 Å². The number of nitrogens with zero attached hydrogens (tertiary/aromatic N) is 2. The van der Waals surface area contributed by atoms with Gasteiger partial charge in [0.1, 0.15) is 0 Å². The van der Waals surface area contributed by atoms with Gasteiger partial charge in [0.2, 0.25) is 0 Å². The Labute approximate surface area is 137 Å². The van der Waals surface area contributed by atoms with E-state index in [4.69, 9.17) is 0 Å². The first-order valence-corrected chi connectivity index (χ1v) is 8.79. The van der Waals surface area contributed by atoms with Gasteiger partial charge in [-0.15, -0.1) is 11.3 Å². The number of thiophene rings is 1. The fourth-order valence-corrected chi connectivity index (χ4v) is 4.52. The van der Waals surface area contributed by atoms with Gasteiger partial charge in [-0.2, -0.15) is 5.10 Å². The molecule has 0 aliphatic carbocycles. The number of carbonyl (C=O) groups excluding carboxylic acids is 1. The van der Waals surface area contributed by atoms with E-state index in [1.807, 2.05) is 17.0 Å². The highest BCUT2D eigenvalue weighted by atomic mass is 79.9. The summed E-state index contributed by atoms with van der Waals surface area (Å²) in [5, 5.41) is 7.02. The van der Waals surface area contributed by atoms with Crippen molar-refractivity contribution < 1.29 is 4.79 Å². The first kappa shape index (κ1) is 14.3. The molecule has 2 aromatic heterocycles. The number of rotatable bonds is 2. The van der Waals surface area contributed by atoms with Crippen molar-refractivity contribution in [3.8, 4) is 0 Å². The van der Waals surface area contributed by atoms with E-state index in [1.165, 1.54) is 11.3 Å². The largest absolute Gasteiger partial charge is 0.337 e. The van der Waals surface area contributed by atoms with E-state index < -0.39 is 0 Å². The lowest BCUT2D eigenvalue weighted by atomic mass is 9.95. The molecule has 3 rings (SSSR count). The molecule has 1 saturated heterocycles. The number of carbonyl (C=O) groups is 1. The summed E-state index contributed by atoms with van der Waals surface area (Å²) in [6, 6.07) is 3.88. The Morgan fingerprint density at radius 3 is 3.00 bits per heavy atom. The maximum Gasteiger partial charge on any atom is 0.264 e. The number of hydrogen-bond acceptors (Lipinski definition) is 3. The highest BCUT2D eigenvalue weighted by Crippen LogP contribution is 2.34. The molecule has 1 N–H and O–H groups in total. The zero-order chi connectivity index (χ0) is 14.1.